The summed E-state index contributed by atoms with van der Waals surface area (Å²) in [5.41, 5.74) is 7.93. The van der Waals surface area contributed by atoms with E-state index in [-0.39, 0.29) is 5.82 Å². The molecule has 6 aromatic rings. The SMILES string of the molecule is Cc1cc(F)cc(-c2cncc3[nH]c(-c4n[nH]c5ccc(-c6cncc(OCCN(C)C)c6)cc45)cc23)c1. The molecule has 0 saturated carbocycles. The van der Waals surface area contributed by atoms with Gasteiger partial charge < -0.3 is 14.6 Å². The summed E-state index contributed by atoms with van der Waals surface area (Å²) in [6, 6.07) is 15.3. The van der Waals surface area contributed by atoms with Crippen molar-refractivity contribution in [3.05, 3.63) is 84.7 Å². The van der Waals surface area contributed by atoms with Gasteiger partial charge in [-0.3, -0.25) is 15.1 Å². The predicted octanol–water partition coefficient (Wildman–Crippen LogP) is 6.22. The molecule has 0 bridgehead atoms. The van der Waals surface area contributed by atoms with E-state index in [9.17, 15) is 4.39 Å². The third-order valence-electron chi connectivity index (χ3n) is 6.57. The molecule has 2 N–H and O–H groups in total. The Morgan fingerprint density at radius 1 is 0.842 bits per heavy atom. The number of aromatic amines is 2. The summed E-state index contributed by atoms with van der Waals surface area (Å²) in [5.74, 6) is 0.473. The van der Waals surface area contributed by atoms with Crippen molar-refractivity contribution in [2.75, 3.05) is 27.2 Å². The molecule has 0 fully saturated rings. The van der Waals surface area contributed by atoms with Gasteiger partial charge in [-0.25, -0.2) is 4.39 Å². The number of pyridine rings is 2. The van der Waals surface area contributed by atoms with E-state index >= 15 is 0 Å². The van der Waals surface area contributed by atoms with E-state index in [1.807, 2.05) is 51.5 Å². The molecule has 0 aliphatic heterocycles. The number of likely N-dealkylation sites (N-methyl/N-ethyl adjacent to an activating group) is 1. The minimum Gasteiger partial charge on any atom is -0.491 e. The first kappa shape index (κ1) is 23.8. The fourth-order valence-corrected chi connectivity index (χ4v) is 4.70. The first-order valence-corrected chi connectivity index (χ1v) is 12.4. The summed E-state index contributed by atoms with van der Waals surface area (Å²) in [4.78, 5) is 14.3. The molecular formula is C30H27FN6O. The van der Waals surface area contributed by atoms with Crippen LogP contribution in [0.15, 0.2) is 73.3 Å². The van der Waals surface area contributed by atoms with Crippen molar-refractivity contribution in [1.29, 1.82) is 0 Å². The van der Waals surface area contributed by atoms with Crippen LogP contribution < -0.4 is 4.74 Å². The van der Waals surface area contributed by atoms with Crippen LogP contribution in [0.1, 0.15) is 5.56 Å². The number of ether oxygens (including phenoxy) is 1. The Morgan fingerprint density at radius 2 is 1.71 bits per heavy atom. The fraction of sp³-hybridized carbons (Fsp3) is 0.167. The van der Waals surface area contributed by atoms with Gasteiger partial charge in [-0.2, -0.15) is 5.10 Å². The molecule has 4 aromatic heterocycles. The van der Waals surface area contributed by atoms with Crippen LogP contribution in [0.3, 0.4) is 0 Å². The average molecular weight is 507 g/mol. The maximum atomic E-state index is 14.2. The number of fused-ring (bicyclic) bond motifs is 2. The van der Waals surface area contributed by atoms with Gasteiger partial charge in [-0.05, 0) is 74.1 Å². The molecule has 0 unspecified atom stereocenters. The van der Waals surface area contributed by atoms with Crippen LogP contribution in [0, 0.1) is 12.7 Å². The summed E-state index contributed by atoms with van der Waals surface area (Å²) < 4.78 is 20.0. The zero-order chi connectivity index (χ0) is 26.2. The Morgan fingerprint density at radius 3 is 2.55 bits per heavy atom. The number of H-pyrrole nitrogens is 2. The van der Waals surface area contributed by atoms with E-state index in [0.717, 1.165) is 73.3 Å². The lowest BCUT2D eigenvalue weighted by Gasteiger charge is -2.11. The number of aromatic nitrogens is 5. The van der Waals surface area contributed by atoms with Crippen LogP contribution in [0.25, 0.3) is 55.4 Å². The molecule has 0 radical (unpaired) electrons. The van der Waals surface area contributed by atoms with Gasteiger partial charge >= 0.3 is 0 Å². The van der Waals surface area contributed by atoms with Gasteiger partial charge in [0.2, 0.25) is 0 Å². The third-order valence-corrected chi connectivity index (χ3v) is 6.57. The maximum Gasteiger partial charge on any atom is 0.138 e. The van der Waals surface area contributed by atoms with Crippen LogP contribution in [0.2, 0.25) is 0 Å². The lowest BCUT2D eigenvalue weighted by atomic mass is 10.0. The quantitative estimate of drug-likeness (QED) is 0.268. The highest BCUT2D eigenvalue weighted by atomic mass is 19.1. The van der Waals surface area contributed by atoms with Gasteiger partial charge in [-0.15, -0.1) is 0 Å². The minimum absolute atomic E-state index is 0.264. The van der Waals surface area contributed by atoms with Crippen molar-refractivity contribution < 1.29 is 9.13 Å². The highest BCUT2D eigenvalue weighted by Gasteiger charge is 2.15. The number of hydrogen-bond acceptors (Lipinski definition) is 5. The Labute approximate surface area is 219 Å². The van der Waals surface area contributed by atoms with Gasteiger partial charge in [-0.1, -0.05) is 12.1 Å². The number of halogens is 1. The summed E-state index contributed by atoms with van der Waals surface area (Å²) in [7, 11) is 4.03. The topological polar surface area (TPSA) is 82.7 Å². The third kappa shape index (κ3) is 4.62. The first-order valence-electron chi connectivity index (χ1n) is 12.4. The number of hydrogen-bond donors (Lipinski definition) is 2. The van der Waals surface area contributed by atoms with Gasteiger partial charge in [0, 0.05) is 40.8 Å². The molecule has 7 nitrogen and oxygen atoms in total. The number of benzene rings is 2. The largest absolute Gasteiger partial charge is 0.491 e. The zero-order valence-electron chi connectivity index (χ0n) is 21.4. The molecule has 0 aliphatic rings. The van der Waals surface area contributed by atoms with Crippen molar-refractivity contribution in [3.8, 4) is 39.4 Å². The van der Waals surface area contributed by atoms with E-state index in [0.29, 0.717) is 6.61 Å². The number of aryl methyl sites for hydroxylation is 1. The second kappa shape index (κ2) is 9.72. The summed E-state index contributed by atoms with van der Waals surface area (Å²) in [6.07, 6.45) is 7.12. The molecular weight excluding hydrogens is 479 g/mol. The van der Waals surface area contributed by atoms with E-state index < -0.39 is 0 Å². The minimum atomic E-state index is -0.264. The lowest BCUT2D eigenvalue weighted by Crippen LogP contribution is -2.19. The van der Waals surface area contributed by atoms with Gasteiger partial charge in [0.05, 0.1) is 29.1 Å². The maximum absolute atomic E-state index is 14.2. The molecule has 6 rings (SSSR count). The molecule has 8 heteroatoms. The number of nitrogens with zero attached hydrogens (tertiary/aromatic N) is 4. The highest BCUT2D eigenvalue weighted by Crippen LogP contribution is 2.35. The average Bonchev–Trinajstić information content (AvgIpc) is 3.51. The second-order valence-corrected chi connectivity index (χ2v) is 9.74. The standard InChI is InChI=1S/C30H27FN6O/c1-18-8-20(10-22(31)9-18)26-16-33-17-29-24(26)13-28(34-29)30-25-12-19(4-5-27(25)35-36-30)21-11-23(15-32-14-21)38-7-6-37(2)3/h4-5,8-17,34H,6-7H2,1-3H3,(H,35,36). The van der Waals surface area contributed by atoms with Crippen LogP contribution >= 0.6 is 0 Å². The van der Waals surface area contributed by atoms with Crippen molar-refractivity contribution >= 4 is 21.8 Å². The molecule has 4 heterocycles. The van der Waals surface area contributed by atoms with E-state index in [1.54, 1.807) is 24.7 Å². The van der Waals surface area contributed by atoms with Crippen molar-refractivity contribution in [1.82, 2.24) is 30.0 Å². The molecule has 190 valence electrons. The van der Waals surface area contributed by atoms with E-state index in [4.69, 9.17) is 4.74 Å². The van der Waals surface area contributed by atoms with Crippen LogP contribution in [0.5, 0.6) is 5.75 Å². The highest BCUT2D eigenvalue weighted by molar-refractivity contribution is 6.01. The zero-order valence-corrected chi connectivity index (χ0v) is 21.4. The van der Waals surface area contributed by atoms with Crippen LogP contribution in [0.4, 0.5) is 4.39 Å². The molecule has 0 atom stereocenters. The van der Waals surface area contributed by atoms with Crippen molar-refractivity contribution in [2.45, 2.75) is 6.92 Å². The first-order chi connectivity index (χ1) is 18.4. The van der Waals surface area contributed by atoms with E-state index in [2.05, 4.69) is 42.2 Å². The van der Waals surface area contributed by atoms with Crippen LogP contribution in [-0.2, 0) is 0 Å². The van der Waals surface area contributed by atoms with Crippen molar-refractivity contribution in [3.63, 3.8) is 0 Å². The summed E-state index contributed by atoms with van der Waals surface area (Å²) >= 11 is 0. The molecule has 0 amide bonds. The van der Waals surface area contributed by atoms with E-state index in [1.165, 1.54) is 6.07 Å². The monoisotopic (exact) mass is 506 g/mol. The molecule has 2 aromatic carbocycles. The normalized spacial score (nSPS) is 11.6. The molecule has 0 saturated heterocycles. The summed E-state index contributed by atoms with van der Waals surface area (Å²) in [5, 5.41) is 9.69. The smallest absolute Gasteiger partial charge is 0.138 e. The Hall–Kier alpha value is -4.56. The summed E-state index contributed by atoms with van der Waals surface area (Å²) in [6.45, 7) is 3.31. The molecule has 0 spiro atoms. The predicted molar refractivity (Wildman–Crippen MR) is 149 cm³/mol. The van der Waals surface area contributed by atoms with Gasteiger partial charge in [0.25, 0.3) is 0 Å². The number of rotatable bonds is 7. The Kier molecular flexibility index (Phi) is 6.09. The lowest BCUT2D eigenvalue weighted by molar-refractivity contribution is 0.261. The van der Waals surface area contributed by atoms with Gasteiger partial charge in [0.1, 0.15) is 23.9 Å². The second-order valence-electron chi connectivity index (χ2n) is 9.74. The molecule has 0 aliphatic carbocycles. The Balaban J connectivity index is 1.38. The Bertz CT molecular complexity index is 1750. The number of nitrogens with one attached hydrogen (secondary N) is 2. The molecule has 38 heavy (non-hydrogen) atoms. The van der Waals surface area contributed by atoms with Crippen LogP contribution in [-0.4, -0.2) is 57.3 Å². The fourth-order valence-electron chi connectivity index (χ4n) is 4.70. The van der Waals surface area contributed by atoms with Gasteiger partial charge in [0.15, 0.2) is 0 Å². The van der Waals surface area contributed by atoms with Crippen molar-refractivity contribution in [2.24, 2.45) is 0 Å².